The van der Waals surface area contributed by atoms with E-state index in [0.29, 0.717) is 17.8 Å². The quantitative estimate of drug-likeness (QED) is 0.832. The van der Waals surface area contributed by atoms with Crippen LogP contribution in [0.3, 0.4) is 0 Å². The molecule has 3 aliphatic rings. The van der Waals surface area contributed by atoms with Crippen LogP contribution >= 0.6 is 11.6 Å². The van der Waals surface area contributed by atoms with Crippen LogP contribution in [0.25, 0.3) is 0 Å². The van der Waals surface area contributed by atoms with Crippen LogP contribution in [-0.4, -0.2) is 44.6 Å². The van der Waals surface area contributed by atoms with Crippen molar-refractivity contribution in [3.63, 3.8) is 0 Å². The van der Waals surface area contributed by atoms with E-state index in [-0.39, 0.29) is 28.9 Å². The van der Waals surface area contributed by atoms with Crippen molar-refractivity contribution in [3.8, 4) is 0 Å². The zero-order valence-corrected chi connectivity index (χ0v) is 11.0. The number of hydrogen-bond acceptors (Lipinski definition) is 4. The summed E-state index contributed by atoms with van der Waals surface area (Å²) < 4.78 is 0. The Labute approximate surface area is 115 Å². The number of aliphatic hydroxyl groups excluding tert-OH is 1. The Morgan fingerprint density at radius 2 is 2.21 bits per heavy atom. The third-order valence-corrected chi connectivity index (χ3v) is 5.12. The number of aliphatic hydroxyl groups is 1. The molecule has 5 unspecified atom stereocenters. The lowest BCUT2D eigenvalue weighted by atomic mass is 9.88. The minimum absolute atomic E-state index is 0.0305. The molecule has 1 N–H and O–H groups in total. The SMILES string of the molecule is O=C(c1cncc(Cl)n1)N1CC2CC3CC2C1C3O. The Balaban J connectivity index is 1.65. The molecule has 1 aliphatic heterocycles. The zero-order valence-electron chi connectivity index (χ0n) is 10.2. The first-order valence-electron chi connectivity index (χ1n) is 6.61. The number of rotatable bonds is 1. The number of amides is 1. The van der Waals surface area contributed by atoms with Gasteiger partial charge in [0, 0.05) is 6.54 Å². The number of hydrogen-bond donors (Lipinski definition) is 1. The number of carbonyl (C=O) groups excluding carboxylic acids is 1. The lowest BCUT2D eigenvalue weighted by molar-refractivity contribution is 0.0398. The summed E-state index contributed by atoms with van der Waals surface area (Å²) in [6.45, 7) is 0.732. The molecule has 2 heterocycles. The molecule has 3 fully saturated rings. The van der Waals surface area contributed by atoms with Gasteiger partial charge < -0.3 is 10.0 Å². The van der Waals surface area contributed by atoms with Crippen molar-refractivity contribution in [2.75, 3.05) is 6.54 Å². The van der Waals surface area contributed by atoms with Crippen LogP contribution in [0.4, 0.5) is 0 Å². The van der Waals surface area contributed by atoms with Crippen molar-refractivity contribution in [1.29, 1.82) is 0 Å². The molecule has 5 atom stereocenters. The summed E-state index contributed by atoms with van der Waals surface area (Å²) in [6.07, 6.45) is 4.58. The molecule has 19 heavy (non-hydrogen) atoms. The second kappa shape index (κ2) is 3.90. The number of nitrogens with zero attached hydrogens (tertiary/aromatic N) is 3. The van der Waals surface area contributed by atoms with E-state index in [1.807, 2.05) is 0 Å². The van der Waals surface area contributed by atoms with Crippen LogP contribution in [-0.2, 0) is 0 Å². The van der Waals surface area contributed by atoms with Gasteiger partial charge in [0.1, 0.15) is 10.8 Å². The fraction of sp³-hybridized carbons (Fsp3) is 0.615. The van der Waals surface area contributed by atoms with E-state index in [9.17, 15) is 9.90 Å². The summed E-state index contributed by atoms with van der Waals surface area (Å²) in [7, 11) is 0. The number of fused-ring (bicyclic) bond motifs is 1. The van der Waals surface area contributed by atoms with Crippen LogP contribution in [0.2, 0.25) is 5.15 Å². The average molecular weight is 280 g/mol. The normalized spacial score (nSPS) is 39.1. The molecule has 1 saturated heterocycles. The van der Waals surface area contributed by atoms with Gasteiger partial charge in [0.15, 0.2) is 0 Å². The first-order chi connectivity index (χ1) is 9.15. The van der Waals surface area contributed by atoms with E-state index in [2.05, 4.69) is 9.97 Å². The van der Waals surface area contributed by atoms with Gasteiger partial charge in [-0.25, -0.2) is 4.98 Å². The van der Waals surface area contributed by atoms with Crippen LogP contribution in [0, 0.1) is 17.8 Å². The maximum Gasteiger partial charge on any atom is 0.274 e. The summed E-state index contributed by atoms with van der Waals surface area (Å²) in [5, 5.41) is 10.5. The summed E-state index contributed by atoms with van der Waals surface area (Å²) in [5.74, 6) is 1.24. The lowest BCUT2D eigenvalue weighted by Gasteiger charge is -2.28. The first kappa shape index (κ1) is 11.6. The topological polar surface area (TPSA) is 66.3 Å². The van der Waals surface area contributed by atoms with Gasteiger partial charge in [0.2, 0.25) is 0 Å². The largest absolute Gasteiger partial charge is 0.391 e. The van der Waals surface area contributed by atoms with Crippen molar-refractivity contribution >= 4 is 17.5 Å². The minimum Gasteiger partial charge on any atom is -0.391 e. The fourth-order valence-corrected chi connectivity index (χ4v) is 4.39. The molecule has 6 heteroatoms. The lowest BCUT2D eigenvalue weighted by Crippen LogP contribution is -2.44. The van der Waals surface area contributed by atoms with Crippen molar-refractivity contribution in [2.45, 2.75) is 25.0 Å². The van der Waals surface area contributed by atoms with E-state index < -0.39 is 0 Å². The zero-order chi connectivity index (χ0) is 13.1. The highest BCUT2D eigenvalue weighted by molar-refractivity contribution is 6.29. The Hall–Kier alpha value is -1.20. The van der Waals surface area contributed by atoms with E-state index in [4.69, 9.17) is 11.6 Å². The molecule has 0 radical (unpaired) electrons. The molecule has 100 valence electrons. The summed E-state index contributed by atoms with van der Waals surface area (Å²) in [4.78, 5) is 22.2. The molecule has 4 rings (SSSR count). The Morgan fingerprint density at radius 1 is 1.37 bits per heavy atom. The van der Waals surface area contributed by atoms with Gasteiger partial charge in [-0.2, -0.15) is 0 Å². The number of aromatic nitrogens is 2. The van der Waals surface area contributed by atoms with Gasteiger partial charge in [0.25, 0.3) is 5.91 Å². The third-order valence-electron chi connectivity index (χ3n) is 4.93. The number of carbonyl (C=O) groups is 1. The molecular formula is C13H14ClN3O2. The van der Waals surface area contributed by atoms with Gasteiger partial charge in [-0.05, 0) is 30.6 Å². The van der Waals surface area contributed by atoms with Crippen molar-refractivity contribution in [3.05, 3.63) is 23.2 Å². The molecule has 2 aliphatic carbocycles. The van der Waals surface area contributed by atoms with Gasteiger partial charge in [-0.1, -0.05) is 11.6 Å². The predicted octanol–water partition coefficient (Wildman–Crippen LogP) is 0.971. The first-order valence-corrected chi connectivity index (χ1v) is 6.99. The molecule has 5 nitrogen and oxygen atoms in total. The second-order valence-electron chi connectivity index (χ2n) is 5.82. The number of likely N-dealkylation sites (tertiary alicyclic amines) is 1. The van der Waals surface area contributed by atoms with Crippen molar-refractivity contribution in [1.82, 2.24) is 14.9 Å². The summed E-state index contributed by atoms with van der Waals surface area (Å²) >= 11 is 5.78. The summed E-state index contributed by atoms with van der Waals surface area (Å²) in [5.41, 5.74) is 0.268. The van der Waals surface area contributed by atoms with Crippen LogP contribution in [0.1, 0.15) is 23.3 Å². The maximum absolute atomic E-state index is 12.5. The molecule has 1 aromatic rings. The monoisotopic (exact) mass is 279 g/mol. The third kappa shape index (κ3) is 1.55. The maximum atomic E-state index is 12.5. The highest BCUT2D eigenvalue weighted by atomic mass is 35.5. The minimum atomic E-state index is -0.375. The molecule has 1 aromatic heterocycles. The fourth-order valence-electron chi connectivity index (χ4n) is 4.24. The van der Waals surface area contributed by atoms with Gasteiger partial charge in [0.05, 0.1) is 24.5 Å². The van der Waals surface area contributed by atoms with E-state index in [1.54, 1.807) is 4.90 Å². The number of halogens is 1. The van der Waals surface area contributed by atoms with E-state index in [0.717, 1.165) is 19.4 Å². The smallest absolute Gasteiger partial charge is 0.274 e. The molecule has 2 saturated carbocycles. The van der Waals surface area contributed by atoms with Crippen LogP contribution < -0.4 is 0 Å². The summed E-state index contributed by atoms with van der Waals surface area (Å²) in [6, 6.07) is -0.0305. The highest BCUT2D eigenvalue weighted by Crippen LogP contribution is 2.55. The van der Waals surface area contributed by atoms with Gasteiger partial charge in [-0.15, -0.1) is 0 Å². The van der Waals surface area contributed by atoms with Crippen LogP contribution in [0.15, 0.2) is 12.4 Å². The van der Waals surface area contributed by atoms with Crippen molar-refractivity contribution in [2.24, 2.45) is 17.8 Å². The standard InChI is InChI=1S/C13H14ClN3O2/c14-10-4-15-3-9(16-10)13(19)17-5-7-1-6-2-8(7)11(17)12(6)18/h3-4,6-8,11-12,18H,1-2,5H2. The molecule has 0 spiro atoms. The van der Waals surface area contributed by atoms with Gasteiger partial charge >= 0.3 is 0 Å². The van der Waals surface area contributed by atoms with Gasteiger partial charge in [-0.3, -0.25) is 9.78 Å². The molecule has 2 bridgehead atoms. The van der Waals surface area contributed by atoms with Crippen LogP contribution in [0.5, 0.6) is 0 Å². The van der Waals surface area contributed by atoms with E-state index >= 15 is 0 Å². The molecule has 1 amide bonds. The highest BCUT2D eigenvalue weighted by Gasteiger charge is 2.60. The Kier molecular flexibility index (Phi) is 2.38. The van der Waals surface area contributed by atoms with Crippen molar-refractivity contribution < 1.29 is 9.90 Å². The second-order valence-corrected chi connectivity index (χ2v) is 6.21. The molecular weight excluding hydrogens is 266 g/mol. The predicted molar refractivity (Wildman–Crippen MR) is 67.6 cm³/mol. The van der Waals surface area contributed by atoms with E-state index in [1.165, 1.54) is 12.4 Å². The average Bonchev–Trinajstić information content (AvgIpc) is 2.99. The molecule has 0 aromatic carbocycles. The Morgan fingerprint density at radius 3 is 2.95 bits per heavy atom. The Bertz CT molecular complexity index is 550.